The highest BCUT2D eigenvalue weighted by Crippen LogP contribution is 2.37. The second-order valence-electron chi connectivity index (χ2n) is 4.94. The third kappa shape index (κ3) is 4.13. The molecule has 2 unspecified atom stereocenters. The molecule has 1 N–H and O–H groups in total. The van der Waals surface area contributed by atoms with Crippen molar-refractivity contribution in [3.05, 3.63) is 23.8 Å². The lowest BCUT2D eigenvalue weighted by Gasteiger charge is -2.25. The Morgan fingerprint density at radius 1 is 1.11 bits per heavy atom. The molecule has 1 rings (SSSR count). The molecule has 0 bridgehead atoms. The maximum absolute atomic E-state index is 5.51. The first-order valence-electron chi connectivity index (χ1n) is 7.12. The fourth-order valence-corrected chi connectivity index (χ4v) is 2.34. The van der Waals surface area contributed by atoms with E-state index in [1.165, 1.54) is 6.42 Å². The minimum absolute atomic E-state index is 0.269. The molecule has 0 saturated heterocycles. The molecule has 0 fully saturated rings. The first kappa shape index (κ1) is 15.8. The summed E-state index contributed by atoms with van der Waals surface area (Å²) >= 11 is 0. The number of methoxy groups -OCH3 is 2. The van der Waals surface area contributed by atoms with E-state index in [-0.39, 0.29) is 6.04 Å². The summed E-state index contributed by atoms with van der Waals surface area (Å²) in [5, 5.41) is 3.55. The number of benzene rings is 1. The topological polar surface area (TPSA) is 30.5 Å². The van der Waals surface area contributed by atoms with Crippen molar-refractivity contribution in [1.29, 1.82) is 0 Å². The summed E-state index contributed by atoms with van der Waals surface area (Å²) in [6, 6.07) is 6.23. The molecule has 19 heavy (non-hydrogen) atoms. The van der Waals surface area contributed by atoms with Crippen molar-refractivity contribution < 1.29 is 9.47 Å². The van der Waals surface area contributed by atoms with E-state index in [2.05, 4.69) is 26.1 Å². The largest absolute Gasteiger partial charge is 0.496 e. The number of nitrogens with one attached hydrogen (secondary N) is 1. The predicted octanol–water partition coefficient (Wildman–Crippen LogP) is 3.79. The highest BCUT2D eigenvalue weighted by atomic mass is 16.5. The van der Waals surface area contributed by atoms with Crippen LogP contribution in [0.3, 0.4) is 0 Å². The van der Waals surface area contributed by atoms with Gasteiger partial charge in [-0.25, -0.2) is 0 Å². The van der Waals surface area contributed by atoms with Crippen LogP contribution in [-0.4, -0.2) is 20.8 Å². The van der Waals surface area contributed by atoms with Gasteiger partial charge in [-0.3, -0.25) is 0 Å². The fourth-order valence-electron chi connectivity index (χ4n) is 2.34. The number of ether oxygens (including phenoxy) is 2. The lowest BCUT2D eigenvalue weighted by Crippen LogP contribution is -2.24. The number of hydrogen-bond donors (Lipinski definition) is 1. The second-order valence-corrected chi connectivity index (χ2v) is 4.94. The molecule has 3 nitrogen and oxygen atoms in total. The average molecular weight is 265 g/mol. The summed E-state index contributed by atoms with van der Waals surface area (Å²) in [7, 11) is 3.43. The van der Waals surface area contributed by atoms with Crippen LogP contribution in [0.25, 0.3) is 0 Å². The first-order valence-corrected chi connectivity index (χ1v) is 7.12. The smallest absolute Gasteiger partial charge is 0.127 e. The molecule has 0 aromatic heterocycles. The van der Waals surface area contributed by atoms with Crippen molar-refractivity contribution in [1.82, 2.24) is 5.32 Å². The Bertz CT molecular complexity index is 357. The van der Waals surface area contributed by atoms with Gasteiger partial charge in [0.1, 0.15) is 11.5 Å². The van der Waals surface area contributed by atoms with Crippen LogP contribution in [0.2, 0.25) is 0 Å². The molecule has 108 valence electrons. The highest BCUT2D eigenvalue weighted by Gasteiger charge is 2.21. The molecule has 0 radical (unpaired) electrons. The standard InChI is InChI=1S/C16H27NO2/c1-6-12(3)11-13(17-7-2)16-14(18-4)9-8-10-15(16)19-5/h8-10,12-13,17H,6-7,11H2,1-5H3. The van der Waals surface area contributed by atoms with Gasteiger partial charge in [-0.1, -0.05) is 33.3 Å². The van der Waals surface area contributed by atoms with Gasteiger partial charge in [-0.05, 0) is 31.0 Å². The van der Waals surface area contributed by atoms with Crippen LogP contribution in [0.5, 0.6) is 11.5 Å². The van der Waals surface area contributed by atoms with E-state index in [1.54, 1.807) is 14.2 Å². The molecule has 0 heterocycles. The minimum atomic E-state index is 0.269. The van der Waals surface area contributed by atoms with E-state index in [1.807, 2.05) is 18.2 Å². The molecule has 1 aromatic rings. The molecule has 0 amide bonds. The molecular formula is C16H27NO2. The van der Waals surface area contributed by atoms with Gasteiger partial charge in [0.15, 0.2) is 0 Å². The Kier molecular flexibility index (Phi) is 6.71. The van der Waals surface area contributed by atoms with Crippen molar-refractivity contribution in [2.24, 2.45) is 5.92 Å². The van der Waals surface area contributed by atoms with E-state index in [4.69, 9.17) is 9.47 Å². The van der Waals surface area contributed by atoms with E-state index in [0.29, 0.717) is 5.92 Å². The molecule has 0 spiro atoms. The number of hydrogen-bond acceptors (Lipinski definition) is 3. The van der Waals surface area contributed by atoms with Crippen molar-refractivity contribution >= 4 is 0 Å². The van der Waals surface area contributed by atoms with Gasteiger partial charge >= 0.3 is 0 Å². The lowest BCUT2D eigenvalue weighted by molar-refractivity contribution is 0.349. The van der Waals surface area contributed by atoms with Gasteiger partial charge in [0, 0.05) is 6.04 Å². The molecule has 0 aliphatic rings. The normalized spacial score (nSPS) is 13.9. The van der Waals surface area contributed by atoms with Gasteiger partial charge in [0.2, 0.25) is 0 Å². The first-order chi connectivity index (χ1) is 9.17. The molecular weight excluding hydrogens is 238 g/mol. The SMILES string of the molecule is CCNC(CC(C)CC)c1c(OC)cccc1OC. The Balaban J connectivity index is 3.12. The molecule has 0 aliphatic heterocycles. The van der Waals surface area contributed by atoms with Crippen molar-refractivity contribution in [3.63, 3.8) is 0 Å². The third-order valence-corrected chi connectivity index (χ3v) is 3.60. The Morgan fingerprint density at radius 3 is 2.11 bits per heavy atom. The van der Waals surface area contributed by atoms with Crippen LogP contribution in [0, 0.1) is 5.92 Å². The van der Waals surface area contributed by atoms with Gasteiger partial charge < -0.3 is 14.8 Å². The van der Waals surface area contributed by atoms with Crippen molar-refractivity contribution in [2.75, 3.05) is 20.8 Å². The summed E-state index contributed by atoms with van der Waals surface area (Å²) in [5.74, 6) is 2.46. The van der Waals surface area contributed by atoms with Crippen LogP contribution in [0.1, 0.15) is 45.2 Å². The van der Waals surface area contributed by atoms with E-state index in [9.17, 15) is 0 Å². The monoisotopic (exact) mass is 265 g/mol. The molecule has 1 aromatic carbocycles. The quantitative estimate of drug-likeness (QED) is 0.775. The van der Waals surface area contributed by atoms with E-state index < -0.39 is 0 Å². The van der Waals surface area contributed by atoms with Crippen LogP contribution < -0.4 is 14.8 Å². The number of rotatable bonds is 8. The Hall–Kier alpha value is -1.22. The van der Waals surface area contributed by atoms with Crippen LogP contribution in [0.15, 0.2) is 18.2 Å². The van der Waals surface area contributed by atoms with Gasteiger partial charge in [-0.15, -0.1) is 0 Å². The van der Waals surface area contributed by atoms with E-state index >= 15 is 0 Å². The molecule has 3 heteroatoms. The predicted molar refractivity (Wildman–Crippen MR) is 80.0 cm³/mol. The summed E-state index contributed by atoms with van der Waals surface area (Å²) in [5.41, 5.74) is 1.13. The van der Waals surface area contributed by atoms with Gasteiger partial charge in [0.25, 0.3) is 0 Å². The van der Waals surface area contributed by atoms with E-state index in [0.717, 1.165) is 30.0 Å². The summed E-state index contributed by atoms with van der Waals surface area (Å²) in [6.45, 7) is 7.58. The van der Waals surface area contributed by atoms with Crippen LogP contribution >= 0.6 is 0 Å². The zero-order valence-electron chi connectivity index (χ0n) is 12.8. The summed E-state index contributed by atoms with van der Waals surface area (Å²) < 4.78 is 11.0. The zero-order valence-corrected chi connectivity index (χ0v) is 12.8. The minimum Gasteiger partial charge on any atom is -0.496 e. The third-order valence-electron chi connectivity index (χ3n) is 3.60. The van der Waals surface area contributed by atoms with Gasteiger partial charge in [-0.2, -0.15) is 0 Å². The molecule has 2 atom stereocenters. The summed E-state index contributed by atoms with van der Waals surface area (Å²) in [4.78, 5) is 0. The summed E-state index contributed by atoms with van der Waals surface area (Å²) in [6.07, 6.45) is 2.26. The van der Waals surface area contributed by atoms with Crippen molar-refractivity contribution in [2.45, 2.75) is 39.7 Å². The van der Waals surface area contributed by atoms with Gasteiger partial charge in [0.05, 0.1) is 19.8 Å². The highest BCUT2D eigenvalue weighted by molar-refractivity contribution is 5.47. The molecule has 0 saturated carbocycles. The van der Waals surface area contributed by atoms with Crippen LogP contribution in [0.4, 0.5) is 0 Å². The van der Waals surface area contributed by atoms with Crippen molar-refractivity contribution in [3.8, 4) is 11.5 Å². The Morgan fingerprint density at radius 2 is 1.68 bits per heavy atom. The molecule has 0 aliphatic carbocycles. The fraction of sp³-hybridized carbons (Fsp3) is 0.625. The second kappa shape index (κ2) is 8.05. The van der Waals surface area contributed by atoms with Crippen LogP contribution in [-0.2, 0) is 0 Å². The maximum Gasteiger partial charge on any atom is 0.127 e. The maximum atomic E-state index is 5.51. The average Bonchev–Trinajstić information content (AvgIpc) is 2.45. The lowest BCUT2D eigenvalue weighted by atomic mass is 9.93. The zero-order chi connectivity index (χ0) is 14.3. The Labute approximate surface area is 117 Å².